The van der Waals surface area contributed by atoms with Crippen LogP contribution in [0.25, 0.3) is 0 Å². The molecule has 2 aromatic rings. The van der Waals surface area contributed by atoms with Crippen LogP contribution in [0, 0.1) is 0 Å². The maximum atomic E-state index is 13.3. The van der Waals surface area contributed by atoms with Crippen LogP contribution in [-0.2, 0) is 23.2 Å². The Hall–Kier alpha value is -2.93. The molecule has 0 saturated carbocycles. The molecule has 5 rings (SSSR count). The zero-order valence-corrected chi connectivity index (χ0v) is 17.3. The van der Waals surface area contributed by atoms with Gasteiger partial charge in [-0.3, -0.25) is 14.7 Å². The quantitative estimate of drug-likeness (QED) is 0.789. The number of hydrogen-bond acceptors (Lipinski definition) is 5. The second-order valence-electron chi connectivity index (χ2n) is 8.58. The second-order valence-corrected chi connectivity index (χ2v) is 8.58. The van der Waals surface area contributed by atoms with Crippen LogP contribution in [0.1, 0.15) is 30.0 Å². The summed E-state index contributed by atoms with van der Waals surface area (Å²) in [6.45, 7) is 5.47. The number of anilines is 1. The Bertz CT molecular complexity index is 971. The summed E-state index contributed by atoms with van der Waals surface area (Å²) >= 11 is 0. The standard InChI is InChI=1S/C23H27N5O2/c1-23(19-6-5-17-3-2-4-18(17)15-19)21(29)28(22(30)25-23)16-26-11-13-27(14-12-26)20-7-9-24-10-8-20/h5-10,15H,2-4,11-14,16H2,1H3,(H,25,30)/t23-/m1/s1. The molecular formula is C23H27N5O2. The van der Waals surface area contributed by atoms with E-state index in [4.69, 9.17) is 0 Å². The molecule has 1 N–H and O–H groups in total. The molecule has 0 unspecified atom stereocenters. The maximum absolute atomic E-state index is 13.3. The van der Waals surface area contributed by atoms with Crippen LogP contribution in [0.15, 0.2) is 42.7 Å². The number of urea groups is 1. The number of hydrogen-bond donors (Lipinski definition) is 1. The number of piperazine rings is 1. The van der Waals surface area contributed by atoms with Gasteiger partial charge in [0.25, 0.3) is 5.91 Å². The van der Waals surface area contributed by atoms with Gasteiger partial charge in [-0.2, -0.15) is 0 Å². The zero-order valence-electron chi connectivity index (χ0n) is 17.3. The molecule has 0 bridgehead atoms. The fourth-order valence-electron chi connectivity index (χ4n) is 4.81. The molecule has 30 heavy (non-hydrogen) atoms. The Morgan fingerprint density at radius 2 is 1.73 bits per heavy atom. The fourth-order valence-corrected chi connectivity index (χ4v) is 4.81. The van der Waals surface area contributed by atoms with Crippen molar-refractivity contribution in [3.63, 3.8) is 0 Å². The lowest BCUT2D eigenvalue weighted by atomic mass is 9.90. The van der Waals surface area contributed by atoms with Crippen LogP contribution in [0.3, 0.4) is 0 Å². The van der Waals surface area contributed by atoms with E-state index in [1.807, 2.05) is 25.1 Å². The topological polar surface area (TPSA) is 68.8 Å². The van der Waals surface area contributed by atoms with Gasteiger partial charge in [-0.1, -0.05) is 18.2 Å². The van der Waals surface area contributed by atoms with E-state index in [0.29, 0.717) is 6.67 Å². The van der Waals surface area contributed by atoms with Crippen LogP contribution >= 0.6 is 0 Å². The van der Waals surface area contributed by atoms with Crippen molar-refractivity contribution in [2.24, 2.45) is 0 Å². The van der Waals surface area contributed by atoms with E-state index < -0.39 is 5.54 Å². The van der Waals surface area contributed by atoms with Gasteiger partial charge in [0, 0.05) is 44.3 Å². The number of nitrogens with zero attached hydrogens (tertiary/aromatic N) is 4. The van der Waals surface area contributed by atoms with Crippen molar-refractivity contribution in [2.75, 3.05) is 37.7 Å². The molecule has 1 aromatic heterocycles. The van der Waals surface area contributed by atoms with Crippen molar-refractivity contribution in [1.29, 1.82) is 0 Å². The molecule has 1 aliphatic carbocycles. The Kier molecular flexibility index (Phi) is 4.70. The van der Waals surface area contributed by atoms with Crippen LogP contribution in [0.2, 0.25) is 0 Å². The zero-order chi connectivity index (χ0) is 20.7. The van der Waals surface area contributed by atoms with E-state index >= 15 is 0 Å². The lowest BCUT2D eigenvalue weighted by molar-refractivity contribution is -0.132. The van der Waals surface area contributed by atoms with Gasteiger partial charge >= 0.3 is 6.03 Å². The third-order valence-corrected chi connectivity index (χ3v) is 6.69. The number of carbonyl (C=O) groups is 2. The minimum absolute atomic E-state index is 0.165. The van der Waals surface area contributed by atoms with Crippen LogP contribution in [0.4, 0.5) is 10.5 Å². The molecule has 3 heterocycles. The molecule has 7 nitrogen and oxygen atoms in total. The van der Waals surface area contributed by atoms with Crippen molar-refractivity contribution >= 4 is 17.6 Å². The highest BCUT2D eigenvalue weighted by molar-refractivity contribution is 6.07. The van der Waals surface area contributed by atoms with Crippen LogP contribution in [-0.4, -0.2) is 59.6 Å². The summed E-state index contributed by atoms with van der Waals surface area (Å²) in [4.78, 5) is 35.9. The van der Waals surface area contributed by atoms with E-state index in [2.05, 4.69) is 32.2 Å². The minimum Gasteiger partial charge on any atom is -0.369 e. The molecule has 0 radical (unpaired) electrons. The van der Waals surface area contributed by atoms with Crippen molar-refractivity contribution < 1.29 is 9.59 Å². The average Bonchev–Trinajstić information content (AvgIpc) is 3.33. The predicted molar refractivity (Wildman–Crippen MR) is 114 cm³/mol. The predicted octanol–water partition coefficient (Wildman–Crippen LogP) is 2.12. The first-order valence-corrected chi connectivity index (χ1v) is 10.7. The van der Waals surface area contributed by atoms with E-state index in [1.165, 1.54) is 16.0 Å². The van der Waals surface area contributed by atoms with E-state index in [-0.39, 0.29) is 11.9 Å². The highest BCUT2D eigenvalue weighted by atomic mass is 16.2. The first-order valence-electron chi connectivity index (χ1n) is 10.7. The van der Waals surface area contributed by atoms with E-state index in [0.717, 1.165) is 56.7 Å². The number of pyridine rings is 1. The smallest absolute Gasteiger partial charge is 0.326 e. The van der Waals surface area contributed by atoms with Crippen molar-refractivity contribution in [3.8, 4) is 0 Å². The summed E-state index contributed by atoms with van der Waals surface area (Å²) in [5, 5.41) is 2.96. The lowest BCUT2D eigenvalue weighted by Gasteiger charge is -2.37. The van der Waals surface area contributed by atoms with Gasteiger partial charge < -0.3 is 10.2 Å². The first kappa shape index (κ1) is 19.1. The van der Waals surface area contributed by atoms with Gasteiger partial charge in [-0.25, -0.2) is 9.69 Å². The SMILES string of the molecule is C[C@]1(c2ccc3c(c2)CCC3)NC(=O)N(CN2CCN(c3ccncc3)CC2)C1=O. The number of benzene rings is 1. The number of aromatic nitrogens is 1. The summed E-state index contributed by atoms with van der Waals surface area (Å²) in [6.07, 6.45) is 6.91. The molecule has 2 fully saturated rings. The Morgan fingerprint density at radius 3 is 2.50 bits per heavy atom. The largest absolute Gasteiger partial charge is 0.369 e. The molecular weight excluding hydrogens is 378 g/mol. The van der Waals surface area contributed by atoms with Crippen molar-refractivity contribution in [1.82, 2.24) is 20.1 Å². The monoisotopic (exact) mass is 405 g/mol. The number of fused-ring (bicyclic) bond motifs is 1. The van der Waals surface area contributed by atoms with Crippen molar-refractivity contribution in [3.05, 3.63) is 59.4 Å². The molecule has 1 atom stereocenters. The highest BCUT2D eigenvalue weighted by Crippen LogP contribution is 2.32. The Labute approximate surface area is 176 Å². The number of imide groups is 1. The van der Waals surface area contributed by atoms with Gasteiger partial charge in [-0.05, 0) is 55.0 Å². The lowest BCUT2D eigenvalue weighted by Crippen LogP contribution is -2.51. The Morgan fingerprint density at radius 1 is 1.00 bits per heavy atom. The summed E-state index contributed by atoms with van der Waals surface area (Å²) in [6, 6.07) is 9.93. The van der Waals surface area contributed by atoms with Crippen LogP contribution < -0.4 is 10.2 Å². The fraction of sp³-hybridized carbons (Fsp3) is 0.435. The molecule has 1 aromatic carbocycles. The first-order chi connectivity index (χ1) is 14.5. The molecule has 156 valence electrons. The van der Waals surface area contributed by atoms with Gasteiger partial charge in [0.1, 0.15) is 5.54 Å². The molecule has 0 spiro atoms. The van der Waals surface area contributed by atoms with Gasteiger partial charge in [0.15, 0.2) is 0 Å². The normalized spacial score (nSPS) is 24.3. The van der Waals surface area contributed by atoms with E-state index in [1.54, 1.807) is 12.4 Å². The van der Waals surface area contributed by atoms with E-state index in [9.17, 15) is 9.59 Å². The van der Waals surface area contributed by atoms with Gasteiger partial charge in [0.2, 0.25) is 0 Å². The summed E-state index contributed by atoms with van der Waals surface area (Å²) in [5.74, 6) is -0.165. The molecule has 2 aliphatic heterocycles. The van der Waals surface area contributed by atoms with Crippen molar-refractivity contribution in [2.45, 2.75) is 31.7 Å². The summed E-state index contributed by atoms with van der Waals surface area (Å²) in [5.41, 5.74) is 3.72. The summed E-state index contributed by atoms with van der Waals surface area (Å²) in [7, 11) is 0. The van der Waals surface area contributed by atoms with Gasteiger partial charge in [0.05, 0.1) is 6.67 Å². The summed E-state index contributed by atoms with van der Waals surface area (Å²) < 4.78 is 0. The number of carbonyl (C=O) groups excluding carboxylic acids is 2. The number of rotatable bonds is 4. The average molecular weight is 406 g/mol. The Balaban J connectivity index is 1.26. The molecule has 3 aliphatic rings. The molecule has 7 heteroatoms. The minimum atomic E-state index is -0.992. The highest BCUT2D eigenvalue weighted by Gasteiger charge is 2.49. The third kappa shape index (κ3) is 3.23. The number of aryl methyl sites for hydroxylation is 2. The second kappa shape index (κ2) is 7.40. The molecule has 2 saturated heterocycles. The van der Waals surface area contributed by atoms with Crippen LogP contribution in [0.5, 0.6) is 0 Å². The molecule has 3 amide bonds. The maximum Gasteiger partial charge on any atom is 0.326 e. The third-order valence-electron chi connectivity index (χ3n) is 6.69. The number of amides is 3. The number of nitrogens with one attached hydrogen (secondary N) is 1. The van der Waals surface area contributed by atoms with Gasteiger partial charge in [-0.15, -0.1) is 0 Å².